The van der Waals surface area contributed by atoms with E-state index < -0.39 is 5.54 Å². The lowest BCUT2D eigenvalue weighted by Gasteiger charge is -2.23. The van der Waals surface area contributed by atoms with Gasteiger partial charge in [-0.1, -0.05) is 51.1 Å². The Morgan fingerprint density at radius 1 is 1.11 bits per heavy atom. The topological polar surface area (TPSA) is 59.0 Å². The largest absolute Gasteiger partial charge is 0.381 e. The number of ether oxygens (including phenoxy) is 1. The van der Waals surface area contributed by atoms with E-state index in [1.54, 1.807) is 0 Å². The second kappa shape index (κ2) is 6.70. The molecule has 0 heterocycles. The molecule has 0 bridgehead atoms. The van der Waals surface area contributed by atoms with Gasteiger partial charge in [-0.25, -0.2) is 0 Å². The van der Waals surface area contributed by atoms with Crippen LogP contribution in [0.4, 0.5) is 0 Å². The van der Waals surface area contributed by atoms with Crippen molar-refractivity contribution >= 4 is 0 Å². The fourth-order valence-electron chi connectivity index (χ4n) is 1.71. The summed E-state index contributed by atoms with van der Waals surface area (Å²) in [6, 6.07) is 11.7. The summed E-state index contributed by atoms with van der Waals surface area (Å²) in [7, 11) is 0. The molecule has 3 nitrogen and oxygen atoms in total. The molecule has 0 radical (unpaired) electrons. The molecular formula is C16H24N2O. The van der Waals surface area contributed by atoms with Crippen molar-refractivity contribution in [2.24, 2.45) is 11.1 Å². The molecule has 1 unspecified atom stereocenters. The van der Waals surface area contributed by atoms with Gasteiger partial charge in [0, 0.05) is 19.6 Å². The van der Waals surface area contributed by atoms with Crippen molar-refractivity contribution in [1.29, 1.82) is 5.26 Å². The second-order valence-corrected chi connectivity index (χ2v) is 6.12. The first-order chi connectivity index (χ1) is 8.87. The summed E-state index contributed by atoms with van der Waals surface area (Å²) in [5.74, 6) is 0. The average molecular weight is 260 g/mol. The molecule has 0 aromatic heterocycles. The number of hydrogen-bond acceptors (Lipinski definition) is 3. The maximum atomic E-state index is 9.29. The lowest BCUT2D eigenvalue weighted by atomic mass is 9.89. The number of nitrogens with zero attached hydrogens (tertiary/aromatic N) is 1. The van der Waals surface area contributed by atoms with Gasteiger partial charge in [0.15, 0.2) is 0 Å². The van der Waals surface area contributed by atoms with Crippen molar-refractivity contribution in [1.82, 2.24) is 0 Å². The maximum Gasteiger partial charge on any atom is 0.132 e. The number of nitrogens with two attached hydrogens (primary N) is 1. The van der Waals surface area contributed by atoms with Crippen LogP contribution in [0.25, 0.3) is 0 Å². The third-order valence-electron chi connectivity index (χ3n) is 3.13. The lowest BCUT2D eigenvalue weighted by Crippen LogP contribution is -2.36. The zero-order valence-corrected chi connectivity index (χ0v) is 12.1. The number of rotatable bonds is 6. The van der Waals surface area contributed by atoms with E-state index in [1.165, 1.54) is 0 Å². The Balaban J connectivity index is 2.44. The molecule has 0 aliphatic heterocycles. The van der Waals surface area contributed by atoms with Crippen molar-refractivity contribution < 1.29 is 4.74 Å². The highest BCUT2D eigenvalue weighted by Gasteiger charge is 2.26. The third kappa shape index (κ3) is 5.42. The van der Waals surface area contributed by atoms with Crippen LogP contribution in [-0.4, -0.2) is 13.2 Å². The van der Waals surface area contributed by atoms with E-state index >= 15 is 0 Å². The molecule has 2 N–H and O–H groups in total. The first-order valence-corrected chi connectivity index (χ1v) is 6.71. The van der Waals surface area contributed by atoms with Crippen LogP contribution in [0.2, 0.25) is 0 Å². The smallest absolute Gasteiger partial charge is 0.132 e. The predicted molar refractivity (Wildman–Crippen MR) is 77.4 cm³/mol. The first-order valence-electron chi connectivity index (χ1n) is 6.71. The third-order valence-corrected chi connectivity index (χ3v) is 3.13. The van der Waals surface area contributed by atoms with E-state index in [2.05, 4.69) is 26.8 Å². The first kappa shape index (κ1) is 15.7. The Morgan fingerprint density at radius 2 is 1.68 bits per heavy atom. The summed E-state index contributed by atoms with van der Waals surface area (Å²) in [6.07, 6.45) is 1.51. The Labute approximate surface area is 116 Å². The van der Waals surface area contributed by atoms with E-state index in [9.17, 15) is 5.26 Å². The number of nitriles is 1. The van der Waals surface area contributed by atoms with Crippen LogP contribution in [0.5, 0.6) is 0 Å². The minimum absolute atomic E-state index is 0.272. The summed E-state index contributed by atoms with van der Waals surface area (Å²) in [5.41, 5.74) is 6.31. The van der Waals surface area contributed by atoms with Crippen LogP contribution in [0.1, 0.15) is 39.2 Å². The Kier molecular flexibility index (Phi) is 5.53. The number of hydrogen-bond donors (Lipinski definition) is 1. The zero-order valence-electron chi connectivity index (χ0n) is 12.1. The lowest BCUT2D eigenvalue weighted by molar-refractivity contribution is 0.0978. The van der Waals surface area contributed by atoms with Crippen molar-refractivity contribution in [2.75, 3.05) is 13.2 Å². The van der Waals surface area contributed by atoms with Gasteiger partial charge in [-0.2, -0.15) is 5.26 Å². The monoisotopic (exact) mass is 260 g/mol. The van der Waals surface area contributed by atoms with Gasteiger partial charge < -0.3 is 10.5 Å². The molecule has 0 saturated heterocycles. The molecule has 0 spiro atoms. The van der Waals surface area contributed by atoms with Gasteiger partial charge >= 0.3 is 0 Å². The summed E-state index contributed by atoms with van der Waals surface area (Å²) < 4.78 is 5.60. The molecule has 1 atom stereocenters. The highest BCUT2D eigenvalue weighted by Crippen LogP contribution is 2.22. The van der Waals surface area contributed by atoms with E-state index in [4.69, 9.17) is 10.5 Å². The molecule has 104 valence electrons. The van der Waals surface area contributed by atoms with Gasteiger partial charge in [0.1, 0.15) is 5.54 Å². The average Bonchev–Trinajstić information content (AvgIpc) is 2.38. The predicted octanol–water partition coefficient (Wildman–Crippen LogP) is 3.21. The minimum Gasteiger partial charge on any atom is -0.381 e. The standard InChI is InChI=1S/C16H24N2O/c1-15(2,3)9-11-19-12-10-16(18,13-17)14-7-5-4-6-8-14/h4-8H,9-12,18H2,1-3H3. The van der Waals surface area contributed by atoms with Crippen LogP contribution < -0.4 is 5.73 Å². The molecule has 19 heavy (non-hydrogen) atoms. The Hall–Kier alpha value is -1.37. The van der Waals surface area contributed by atoms with Crippen molar-refractivity contribution in [3.8, 4) is 6.07 Å². The van der Waals surface area contributed by atoms with Crippen LogP contribution in [0.3, 0.4) is 0 Å². The van der Waals surface area contributed by atoms with Crippen molar-refractivity contribution in [3.05, 3.63) is 35.9 Å². The van der Waals surface area contributed by atoms with Crippen molar-refractivity contribution in [3.63, 3.8) is 0 Å². The van der Waals surface area contributed by atoms with Gasteiger partial charge in [0.25, 0.3) is 0 Å². The SMILES string of the molecule is CC(C)(C)CCOCCC(N)(C#N)c1ccccc1. The fraction of sp³-hybridized carbons (Fsp3) is 0.562. The Morgan fingerprint density at radius 3 is 2.21 bits per heavy atom. The molecular weight excluding hydrogens is 236 g/mol. The molecule has 0 fully saturated rings. The summed E-state index contributed by atoms with van der Waals surface area (Å²) >= 11 is 0. The normalized spacial score (nSPS) is 14.7. The zero-order chi connectivity index (χ0) is 14.4. The highest BCUT2D eigenvalue weighted by molar-refractivity contribution is 5.30. The summed E-state index contributed by atoms with van der Waals surface area (Å²) in [6.45, 7) is 7.77. The van der Waals surface area contributed by atoms with Gasteiger partial charge in [-0.15, -0.1) is 0 Å². The molecule has 0 saturated carbocycles. The summed E-state index contributed by atoms with van der Waals surface area (Å²) in [5, 5.41) is 9.29. The van der Waals surface area contributed by atoms with E-state index in [-0.39, 0.29) is 5.41 Å². The molecule has 1 rings (SSSR count). The molecule has 0 aliphatic carbocycles. The van der Waals surface area contributed by atoms with E-state index in [0.717, 1.165) is 12.0 Å². The van der Waals surface area contributed by atoms with Crippen LogP contribution in [-0.2, 0) is 10.3 Å². The van der Waals surface area contributed by atoms with E-state index in [1.807, 2.05) is 30.3 Å². The maximum absolute atomic E-state index is 9.29. The van der Waals surface area contributed by atoms with Crippen molar-refractivity contribution in [2.45, 2.75) is 39.2 Å². The number of benzene rings is 1. The van der Waals surface area contributed by atoms with E-state index in [0.29, 0.717) is 19.6 Å². The van der Waals surface area contributed by atoms with Gasteiger partial charge in [-0.3, -0.25) is 0 Å². The highest BCUT2D eigenvalue weighted by atomic mass is 16.5. The minimum atomic E-state index is -0.955. The van der Waals surface area contributed by atoms with Gasteiger partial charge in [0.2, 0.25) is 0 Å². The van der Waals surface area contributed by atoms with Gasteiger partial charge in [0.05, 0.1) is 6.07 Å². The quantitative estimate of drug-likeness (QED) is 0.799. The second-order valence-electron chi connectivity index (χ2n) is 6.12. The van der Waals surface area contributed by atoms with Gasteiger partial charge in [-0.05, 0) is 17.4 Å². The summed E-state index contributed by atoms with van der Waals surface area (Å²) in [4.78, 5) is 0. The molecule has 3 heteroatoms. The molecule has 1 aromatic rings. The van der Waals surface area contributed by atoms with Crippen LogP contribution in [0.15, 0.2) is 30.3 Å². The fourth-order valence-corrected chi connectivity index (χ4v) is 1.71. The van der Waals surface area contributed by atoms with Crippen LogP contribution >= 0.6 is 0 Å². The molecule has 0 amide bonds. The van der Waals surface area contributed by atoms with Crippen LogP contribution in [0, 0.1) is 16.7 Å². The Bertz CT molecular complexity index is 417. The molecule has 1 aromatic carbocycles. The molecule has 0 aliphatic rings.